The third-order valence-corrected chi connectivity index (χ3v) is 4.44. The van der Waals surface area contributed by atoms with Crippen LogP contribution >= 0.6 is 0 Å². The summed E-state index contributed by atoms with van der Waals surface area (Å²) in [4.78, 5) is 22.7. The molecule has 1 aromatic rings. The van der Waals surface area contributed by atoms with Gasteiger partial charge in [0.2, 0.25) is 0 Å². The number of rotatable bonds is 8. The molecule has 1 saturated carbocycles. The number of aliphatic carboxylic acids is 1. The maximum Gasteiger partial charge on any atom is 0.407 e. The minimum Gasteiger partial charge on any atom is -0.481 e. The minimum absolute atomic E-state index is 0.189. The predicted octanol–water partition coefficient (Wildman–Crippen LogP) is 3.87. The number of benzene rings is 1. The highest BCUT2D eigenvalue weighted by Crippen LogP contribution is 2.34. The highest BCUT2D eigenvalue weighted by Gasteiger charge is 2.35. The summed E-state index contributed by atoms with van der Waals surface area (Å²) in [5.74, 6) is -0.763. The van der Waals surface area contributed by atoms with Crippen LogP contribution in [0.4, 0.5) is 4.79 Å². The molecule has 0 unspecified atom stereocenters. The molecule has 5 heteroatoms. The van der Waals surface area contributed by atoms with E-state index in [4.69, 9.17) is 9.84 Å². The van der Waals surface area contributed by atoms with Crippen molar-refractivity contribution < 1.29 is 19.4 Å². The zero-order valence-electron chi connectivity index (χ0n) is 13.4. The molecule has 5 nitrogen and oxygen atoms in total. The molecule has 2 N–H and O–H groups in total. The quantitative estimate of drug-likeness (QED) is 0.713. The number of hydrogen-bond donors (Lipinski definition) is 2. The van der Waals surface area contributed by atoms with Crippen LogP contribution in [0, 0.1) is 0 Å². The summed E-state index contributed by atoms with van der Waals surface area (Å²) in [7, 11) is 0. The Hall–Kier alpha value is -2.04. The average molecular weight is 319 g/mol. The number of alkyl carbamates (subject to hydrolysis) is 1. The Morgan fingerprint density at radius 3 is 2.48 bits per heavy atom. The number of nitrogens with one attached hydrogen (secondary N) is 1. The smallest absolute Gasteiger partial charge is 0.407 e. The first-order valence-corrected chi connectivity index (χ1v) is 8.30. The molecule has 1 fully saturated rings. The molecular weight excluding hydrogens is 294 g/mol. The van der Waals surface area contributed by atoms with Crippen molar-refractivity contribution in [1.82, 2.24) is 5.32 Å². The summed E-state index contributed by atoms with van der Waals surface area (Å²) in [6.45, 7) is 0.266. The van der Waals surface area contributed by atoms with E-state index in [9.17, 15) is 9.59 Å². The molecule has 23 heavy (non-hydrogen) atoms. The molecule has 0 bridgehead atoms. The van der Waals surface area contributed by atoms with Crippen molar-refractivity contribution in [2.45, 2.75) is 63.5 Å². The highest BCUT2D eigenvalue weighted by molar-refractivity contribution is 5.68. The van der Waals surface area contributed by atoms with Gasteiger partial charge in [-0.2, -0.15) is 0 Å². The molecule has 1 aliphatic rings. The normalized spacial score (nSPS) is 16.0. The van der Waals surface area contributed by atoms with Gasteiger partial charge in [0.15, 0.2) is 0 Å². The van der Waals surface area contributed by atoms with Crippen LogP contribution in [0.3, 0.4) is 0 Å². The molecule has 126 valence electrons. The van der Waals surface area contributed by atoms with Crippen LogP contribution in [0.25, 0.3) is 0 Å². The lowest BCUT2D eigenvalue weighted by Gasteiger charge is -2.30. The summed E-state index contributed by atoms with van der Waals surface area (Å²) in [6, 6.07) is 9.60. The largest absolute Gasteiger partial charge is 0.481 e. The zero-order valence-corrected chi connectivity index (χ0v) is 13.4. The molecule has 1 aliphatic carbocycles. The third-order valence-electron chi connectivity index (χ3n) is 4.44. The first-order valence-electron chi connectivity index (χ1n) is 8.30. The number of hydrogen-bond acceptors (Lipinski definition) is 3. The highest BCUT2D eigenvalue weighted by atomic mass is 16.5. The molecule has 0 radical (unpaired) electrons. The van der Waals surface area contributed by atoms with Gasteiger partial charge in [-0.25, -0.2) is 4.79 Å². The molecular formula is C18H25NO4. The van der Waals surface area contributed by atoms with E-state index in [1.165, 1.54) is 0 Å². The second-order valence-corrected chi connectivity index (χ2v) is 6.28. The SMILES string of the molecule is O=C(O)CCCCC1(NC(=O)OCc2ccccc2)CCCC1. The second-order valence-electron chi connectivity index (χ2n) is 6.28. The standard InChI is InChI=1S/C18H25NO4/c20-16(21)10-4-5-11-18(12-6-7-13-18)19-17(22)23-14-15-8-2-1-3-9-15/h1-3,8-9H,4-7,10-14H2,(H,19,22)(H,20,21). The number of amides is 1. The maximum atomic E-state index is 12.1. The van der Waals surface area contributed by atoms with Gasteiger partial charge >= 0.3 is 12.1 Å². The molecule has 1 amide bonds. The Labute approximate surface area is 137 Å². The molecule has 0 aliphatic heterocycles. The van der Waals surface area contributed by atoms with E-state index < -0.39 is 5.97 Å². The van der Waals surface area contributed by atoms with Crippen LogP contribution < -0.4 is 5.32 Å². The summed E-state index contributed by atoms with van der Waals surface area (Å²) in [5.41, 5.74) is 0.747. The molecule has 0 atom stereocenters. The van der Waals surface area contributed by atoms with Crippen LogP contribution in [-0.2, 0) is 16.1 Å². The van der Waals surface area contributed by atoms with Crippen molar-refractivity contribution in [3.8, 4) is 0 Å². The van der Waals surface area contributed by atoms with Crippen molar-refractivity contribution in [2.24, 2.45) is 0 Å². The maximum absolute atomic E-state index is 12.1. The van der Waals surface area contributed by atoms with Gasteiger partial charge in [-0.05, 0) is 31.2 Å². The number of carboxylic acids is 1. The average Bonchev–Trinajstić information content (AvgIpc) is 2.99. The van der Waals surface area contributed by atoms with Crippen LogP contribution in [0.2, 0.25) is 0 Å². The zero-order chi connectivity index (χ0) is 16.5. The first-order chi connectivity index (χ1) is 11.1. The monoisotopic (exact) mass is 319 g/mol. The lowest BCUT2D eigenvalue weighted by Crippen LogP contribution is -2.46. The van der Waals surface area contributed by atoms with Crippen molar-refractivity contribution in [2.75, 3.05) is 0 Å². The van der Waals surface area contributed by atoms with Gasteiger partial charge in [-0.1, -0.05) is 49.6 Å². The molecule has 2 rings (SSSR count). The van der Waals surface area contributed by atoms with Gasteiger partial charge in [0.1, 0.15) is 6.61 Å². The van der Waals surface area contributed by atoms with E-state index >= 15 is 0 Å². The number of carbonyl (C=O) groups excluding carboxylic acids is 1. The van der Waals surface area contributed by atoms with E-state index in [0.29, 0.717) is 6.42 Å². The predicted molar refractivity (Wildman–Crippen MR) is 87.1 cm³/mol. The summed E-state index contributed by atoms with van der Waals surface area (Å²) in [5, 5.41) is 11.7. The van der Waals surface area contributed by atoms with Crippen LogP contribution in [0.15, 0.2) is 30.3 Å². The van der Waals surface area contributed by atoms with Crippen molar-refractivity contribution in [3.05, 3.63) is 35.9 Å². The number of carboxylic acid groups (broad SMARTS) is 1. The van der Waals surface area contributed by atoms with E-state index in [2.05, 4.69) is 5.32 Å². The van der Waals surface area contributed by atoms with Crippen LogP contribution in [0.1, 0.15) is 56.9 Å². The number of ether oxygens (including phenoxy) is 1. The topological polar surface area (TPSA) is 75.6 Å². The van der Waals surface area contributed by atoms with Gasteiger partial charge in [0, 0.05) is 12.0 Å². The van der Waals surface area contributed by atoms with Crippen molar-refractivity contribution in [1.29, 1.82) is 0 Å². The Morgan fingerprint density at radius 2 is 1.83 bits per heavy atom. The van der Waals surface area contributed by atoms with Gasteiger partial charge < -0.3 is 15.2 Å². The summed E-state index contributed by atoms with van der Waals surface area (Å²) < 4.78 is 5.32. The lowest BCUT2D eigenvalue weighted by atomic mass is 9.90. The first kappa shape index (κ1) is 17.3. The van der Waals surface area contributed by atoms with Crippen LogP contribution in [0.5, 0.6) is 0 Å². The van der Waals surface area contributed by atoms with E-state index in [1.807, 2.05) is 30.3 Å². The fourth-order valence-corrected chi connectivity index (χ4v) is 3.20. The Balaban J connectivity index is 1.78. The minimum atomic E-state index is -0.763. The van der Waals surface area contributed by atoms with Crippen LogP contribution in [-0.4, -0.2) is 22.7 Å². The van der Waals surface area contributed by atoms with Gasteiger partial charge in [0.25, 0.3) is 0 Å². The summed E-state index contributed by atoms with van der Waals surface area (Å²) in [6.07, 6.45) is 6.17. The van der Waals surface area contributed by atoms with Gasteiger partial charge in [0.05, 0.1) is 0 Å². The van der Waals surface area contributed by atoms with E-state index in [-0.39, 0.29) is 24.7 Å². The number of carbonyl (C=O) groups is 2. The lowest BCUT2D eigenvalue weighted by molar-refractivity contribution is -0.137. The van der Waals surface area contributed by atoms with Gasteiger partial charge in [-0.15, -0.1) is 0 Å². The molecule has 0 saturated heterocycles. The summed E-state index contributed by atoms with van der Waals surface area (Å²) >= 11 is 0. The molecule has 0 aromatic heterocycles. The third kappa shape index (κ3) is 5.93. The van der Waals surface area contributed by atoms with Crippen molar-refractivity contribution >= 4 is 12.1 Å². The van der Waals surface area contributed by atoms with Crippen molar-refractivity contribution in [3.63, 3.8) is 0 Å². The Morgan fingerprint density at radius 1 is 1.13 bits per heavy atom. The molecule has 1 aromatic carbocycles. The number of unbranched alkanes of at least 4 members (excludes halogenated alkanes) is 1. The molecule has 0 spiro atoms. The molecule has 0 heterocycles. The van der Waals surface area contributed by atoms with E-state index in [1.54, 1.807) is 0 Å². The van der Waals surface area contributed by atoms with Gasteiger partial charge in [-0.3, -0.25) is 4.79 Å². The fraction of sp³-hybridized carbons (Fsp3) is 0.556. The Kier molecular flexibility index (Phi) is 6.44. The second kappa shape index (κ2) is 8.56. The fourth-order valence-electron chi connectivity index (χ4n) is 3.20. The Bertz CT molecular complexity index is 509. The van der Waals surface area contributed by atoms with E-state index in [0.717, 1.165) is 44.1 Å².